The highest BCUT2D eigenvalue weighted by atomic mass is 16.6. The third-order valence-electron chi connectivity index (χ3n) is 3.67. The number of hydrogen-bond acceptors (Lipinski definition) is 6. The van der Waals surface area contributed by atoms with Gasteiger partial charge in [0.25, 0.3) is 0 Å². The molecule has 0 N–H and O–H groups in total. The zero-order chi connectivity index (χ0) is 16.2. The minimum atomic E-state index is -0.101. The normalized spacial score (nSPS) is 18.7. The van der Waals surface area contributed by atoms with Crippen LogP contribution in [0.15, 0.2) is 24.0 Å². The number of methoxy groups -OCH3 is 2. The van der Waals surface area contributed by atoms with E-state index in [-0.39, 0.29) is 12.5 Å². The second kappa shape index (κ2) is 6.78. The molecule has 0 spiro atoms. The van der Waals surface area contributed by atoms with Gasteiger partial charge >= 0.3 is 0 Å². The second-order valence-corrected chi connectivity index (χ2v) is 5.09. The fourth-order valence-corrected chi connectivity index (χ4v) is 2.44. The predicted octanol–water partition coefficient (Wildman–Crippen LogP) is 1.22. The zero-order valence-electron chi connectivity index (χ0n) is 13.2. The van der Waals surface area contributed by atoms with Crippen LogP contribution < -0.4 is 18.9 Å². The molecular formula is C16H19NO6. The number of benzene rings is 1. The van der Waals surface area contributed by atoms with E-state index in [0.717, 1.165) is 0 Å². The van der Waals surface area contributed by atoms with E-state index < -0.39 is 0 Å². The van der Waals surface area contributed by atoms with Gasteiger partial charge in [-0.05, 0) is 0 Å². The van der Waals surface area contributed by atoms with Crippen LogP contribution in [0.5, 0.6) is 23.0 Å². The molecule has 0 radical (unpaired) electrons. The van der Waals surface area contributed by atoms with Crippen molar-refractivity contribution in [2.45, 2.75) is 0 Å². The summed E-state index contributed by atoms with van der Waals surface area (Å²) in [6.07, 6.45) is 1.46. The van der Waals surface area contributed by atoms with E-state index in [1.807, 2.05) is 0 Å². The number of fused-ring (bicyclic) bond motifs is 1. The Morgan fingerprint density at radius 3 is 2.43 bits per heavy atom. The summed E-state index contributed by atoms with van der Waals surface area (Å²) >= 11 is 0. The van der Waals surface area contributed by atoms with E-state index in [4.69, 9.17) is 23.7 Å². The Morgan fingerprint density at radius 1 is 1.13 bits per heavy atom. The molecule has 0 bridgehead atoms. The Kier molecular flexibility index (Phi) is 4.57. The standard InChI is InChI=1S/C16H19NO6/c1-19-12-8-14-15(9-13(12)20-2)23-11(10-22-14)7-16(18)17-3-5-21-6-4-17/h7-9H,3-6,10H2,1-2H3/b11-7-. The summed E-state index contributed by atoms with van der Waals surface area (Å²) in [5, 5.41) is 0. The molecule has 0 unspecified atom stereocenters. The molecule has 2 heterocycles. The molecule has 0 saturated carbocycles. The average Bonchev–Trinajstić information content (AvgIpc) is 2.61. The lowest BCUT2D eigenvalue weighted by Gasteiger charge is -2.26. The van der Waals surface area contributed by atoms with Gasteiger partial charge in [-0.1, -0.05) is 0 Å². The van der Waals surface area contributed by atoms with Gasteiger partial charge in [-0.3, -0.25) is 4.79 Å². The maximum Gasteiger partial charge on any atom is 0.250 e. The topological polar surface area (TPSA) is 66.5 Å². The summed E-state index contributed by atoms with van der Waals surface area (Å²) < 4.78 is 27.1. The van der Waals surface area contributed by atoms with Crippen LogP contribution in [-0.2, 0) is 9.53 Å². The smallest absolute Gasteiger partial charge is 0.250 e. The van der Waals surface area contributed by atoms with Crippen LogP contribution in [0.3, 0.4) is 0 Å². The van der Waals surface area contributed by atoms with Crippen molar-refractivity contribution in [2.75, 3.05) is 47.1 Å². The molecule has 0 atom stereocenters. The molecular weight excluding hydrogens is 302 g/mol. The summed E-state index contributed by atoms with van der Waals surface area (Å²) in [6, 6.07) is 3.38. The van der Waals surface area contributed by atoms with E-state index in [2.05, 4.69) is 0 Å². The monoisotopic (exact) mass is 321 g/mol. The summed E-state index contributed by atoms with van der Waals surface area (Å²) in [5.74, 6) is 2.51. The third-order valence-corrected chi connectivity index (χ3v) is 3.67. The van der Waals surface area contributed by atoms with Crippen LogP contribution in [0.2, 0.25) is 0 Å². The molecule has 1 aromatic carbocycles. The highest BCUT2D eigenvalue weighted by molar-refractivity contribution is 5.88. The van der Waals surface area contributed by atoms with Gasteiger partial charge in [-0.25, -0.2) is 0 Å². The largest absolute Gasteiger partial charge is 0.493 e. The molecule has 1 aromatic rings. The molecule has 1 saturated heterocycles. The molecule has 2 aliphatic heterocycles. The number of hydrogen-bond donors (Lipinski definition) is 0. The van der Waals surface area contributed by atoms with Gasteiger partial charge in [0.1, 0.15) is 12.4 Å². The van der Waals surface area contributed by atoms with Gasteiger partial charge in [-0.15, -0.1) is 0 Å². The van der Waals surface area contributed by atoms with Crippen LogP contribution >= 0.6 is 0 Å². The number of carbonyl (C=O) groups excluding carboxylic acids is 1. The van der Waals surface area contributed by atoms with Gasteiger partial charge in [0, 0.05) is 31.3 Å². The molecule has 0 aliphatic carbocycles. The number of nitrogens with zero attached hydrogens (tertiary/aromatic N) is 1. The van der Waals surface area contributed by atoms with Crippen LogP contribution in [-0.4, -0.2) is 57.9 Å². The summed E-state index contributed by atoms with van der Waals surface area (Å²) in [4.78, 5) is 13.9. The lowest BCUT2D eigenvalue weighted by Crippen LogP contribution is -2.40. The van der Waals surface area contributed by atoms with Crippen LogP contribution in [0.25, 0.3) is 0 Å². The van der Waals surface area contributed by atoms with Crippen LogP contribution in [0.1, 0.15) is 0 Å². The van der Waals surface area contributed by atoms with Crippen LogP contribution in [0.4, 0.5) is 0 Å². The minimum Gasteiger partial charge on any atom is -0.493 e. The van der Waals surface area contributed by atoms with Crippen molar-refractivity contribution in [1.29, 1.82) is 0 Å². The van der Waals surface area contributed by atoms with Gasteiger partial charge in [0.15, 0.2) is 23.0 Å². The highest BCUT2D eigenvalue weighted by Crippen LogP contribution is 2.42. The van der Waals surface area contributed by atoms with Gasteiger partial charge in [-0.2, -0.15) is 0 Å². The SMILES string of the molecule is COc1cc2c(cc1OC)O/C(=C\C(=O)N1CCOCC1)CO2. The Hall–Kier alpha value is -2.41. The second-order valence-electron chi connectivity index (χ2n) is 5.09. The molecule has 2 aliphatic rings. The molecule has 1 fully saturated rings. The first-order chi connectivity index (χ1) is 11.2. The Balaban J connectivity index is 1.76. The first-order valence-electron chi connectivity index (χ1n) is 7.35. The number of morpholine rings is 1. The molecule has 0 aromatic heterocycles. The zero-order valence-corrected chi connectivity index (χ0v) is 13.2. The van der Waals surface area contributed by atoms with Crippen molar-refractivity contribution < 1.29 is 28.5 Å². The number of carbonyl (C=O) groups is 1. The van der Waals surface area contributed by atoms with E-state index in [9.17, 15) is 4.79 Å². The van der Waals surface area contributed by atoms with E-state index in [1.165, 1.54) is 6.08 Å². The first-order valence-corrected chi connectivity index (χ1v) is 7.35. The lowest BCUT2D eigenvalue weighted by molar-refractivity contribution is -0.130. The maximum absolute atomic E-state index is 12.2. The summed E-state index contributed by atoms with van der Waals surface area (Å²) in [7, 11) is 3.10. The molecule has 3 rings (SSSR count). The molecule has 7 heteroatoms. The van der Waals surface area contributed by atoms with Crippen molar-refractivity contribution in [3.63, 3.8) is 0 Å². The molecule has 7 nitrogen and oxygen atoms in total. The Labute approximate surface area is 134 Å². The first kappa shape index (κ1) is 15.5. The lowest BCUT2D eigenvalue weighted by atomic mass is 10.2. The van der Waals surface area contributed by atoms with Crippen molar-refractivity contribution in [3.8, 4) is 23.0 Å². The van der Waals surface area contributed by atoms with E-state index >= 15 is 0 Å². The van der Waals surface area contributed by atoms with Crippen molar-refractivity contribution in [1.82, 2.24) is 4.90 Å². The quantitative estimate of drug-likeness (QED) is 0.780. The van der Waals surface area contributed by atoms with Gasteiger partial charge in [0.2, 0.25) is 5.91 Å². The Bertz CT molecular complexity index is 621. The molecule has 1 amide bonds. The van der Waals surface area contributed by atoms with Crippen LogP contribution in [0, 0.1) is 0 Å². The van der Waals surface area contributed by atoms with Crippen molar-refractivity contribution >= 4 is 5.91 Å². The Morgan fingerprint density at radius 2 is 1.78 bits per heavy atom. The minimum absolute atomic E-state index is 0.101. The number of amides is 1. The average molecular weight is 321 g/mol. The summed E-state index contributed by atoms with van der Waals surface area (Å²) in [6.45, 7) is 2.49. The van der Waals surface area contributed by atoms with E-state index in [0.29, 0.717) is 55.1 Å². The number of rotatable bonds is 3. The fraction of sp³-hybridized carbons (Fsp3) is 0.438. The van der Waals surface area contributed by atoms with Gasteiger partial charge < -0.3 is 28.6 Å². The number of ether oxygens (including phenoxy) is 5. The predicted molar refractivity (Wildman–Crippen MR) is 81.2 cm³/mol. The fourth-order valence-electron chi connectivity index (χ4n) is 2.44. The third kappa shape index (κ3) is 3.34. The summed E-state index contributed by atoms with van der Waals surface area (Å²) in [5.41, 5.74) is 0. The van der Waals surface area contributed by atoms with Crippen molar-refractivity contribution in [2.24, 2.45) is 0 Å². The van der Waals surface area contributed by atoms with E-state index in [1.54, 1.807) is 31.3 Å². The molecule has 23 heavy (non-hydrogen) atoms. The maximum atomic E-state index is 12.2. The van der Waals surface area contributed by atoms with Gasteiger partial charge in [0.05, 0.1) is 27.4 Å². The highest BCUT2D eigenvalue weighted by Gasteiger charge is 2.22. The van der Waals surface area contributed by atoms with Crippen molar-refractivity contribution in [3.05, 3.63) is 24.0 Å². The molecule has 124 valence electrons.